The molecule has 3 rings (SSSR count). The Bertz CT molecular complexity index is 1070. The molecule has 0 aliphatic heterocycles. The van der Waals surface area contributed by atoms with Gasteiger partial charge >= 0.3 is 0 Å². The van der Waals surface area contributed by atoms with Crippen LogP contribution in [0, 0.1) is 6.92 Å². The SMILES string of the molecule is [B]c1ccc(CN(C(=C)C)C(c2ccc(Cl)cc2)C(N=C)c2ccc(C)cc2)c(CC)c1. The molecule has 3 aromatic rings. The molecule has 0 amide bonds. The molecule has 2 unspecified atom stereocenters. The second-order valence-corrected chi connectivity index (χ2v) is 8.72. The lowest BCUT2D eigenvalue weighted by atomic mass is 9.89. The van der Waals surface area contributed by atoms with Gasteiger partial charge in [-0.25, -0.2) is 0 Å². The van der Waals surface area contributed by atoms with Crippen LogP contribution in [-0.4, -0.2) is 19.5 Å². The van der Waals surface area contributed by atoms with E-state index in [0.717, 1.165) is 28.7 Å². The standard InChI is InChI=1S/C28H30BClN2/c1-6-21-17-25(29)14-11-24(21)18-32(19(2)3)28(23-12-15-26(30)16-13-23)27(31-5)22-9-7-20(4)8-10-22/h7-17,27-28H,2,5-6,18H2,1,3-4H3. The van der Waals surface area contributed by atoms with E-state index in [4.69, 9.17) is 19.4 Å². The molecule has 2 atom stereocenters. The number of allylic oxidation sites excluding steroid dienone is 1. The van der Waals surface area contributed by atoms with Gasteiger partial charge < -0.3 is 4.90 Å². The lowest BCUT2D eigenvalue weighted by Gasteiger charge is -2.38. The van der Waals surface area contributed by atoms with Crippen molar-refractivity contribution in [1.29, 1.82) is 0 Å². The van der Waals surface area contributed by atoms with E-state index in [1.807, 2.05) is 25.1 Å². The number of rotatable bonds is 9. The van der Waals surface area contributed by atoms with Gasteiger partial charge in [0.05, 0.1) is 12.1 Å². The number of aryl methyl sites for hydroxylation is 2. The summed E-state index contributed by atoms with van der Waals surface area (Å²) in [6, 6.07) is 22.4. The molecule has 162 valence electrons. The second kappa shape index (κ2) is 10.7. The summed E-state index contributed by atoms with van der Waals surface area (Å²) in [5.74, 6) is 0. The Labute approximate surface area is 199 Å². The largest absolute Gasteiger partial charge is 0.362 e. The zero-order valence-electron chi connectivity index (χ0n) is 19.2. The first-order valence-electron chi connectivity index (χ1n) is 10.9. The molecule has 0 saturated carbocycles. The molecule has 0 heterocycles. The zero-order chi connectivity index (χ0) is 23.3. The Morgan fingerprint density at radius 1 is 1.00 bits per heavy atom. The van der Waals surface area contributed by atoms with Crippen molar-refractivity contribution in [3.8, 4) is 0 Å². The molecule has 0 aromatic heterocycles. The third kappa shape index (κ3) is 5.52. The van der Waals surface area contributed by atoms with Crippen LogP contribution in [0.15, 0.2) is 84.0 Å². The Morgan fingerprint density at radius 2 is 1.62 bits per heavy atom. The van der Waals surface area contributed by atoms with E-state index in [9.17, 15) is 0 Å². The zero-order valence-corrected chi connectivity index (χ0v) is 19.9. The van der Waals surface area contributed by atoms with Crippen molar-refractivity contribution in [1.82, 2.24) is 4.90 Å². The van der Waals surface area contributed by atoms with Crippen LogP contribution in [0.3, 0.4) is 0 Å². The highest BCUT2D eigenvalue weighted by atomic mass is 35.5. The average Bonchev–Trinajstić information content (AvgIpc) is 2.78. The molecule has 32 heavy (non-hydrogen) atoms. The van der Waals surface area contributed by atoms with Crippen molar-refractivity contribution in [3.05, 3.63) is 112 Å². The van der Waals surface area contributed by atoms with Crippen molar-refractivity contribution in [2.24, 2.45) is 4.99 Å². The van der Waals surface area contributed by atoms with E-state index < -0.39 is 0 Å². The highest BCUT2D eigenvalue weighted by Crippen LogP contribution is 2.40. The van der Waals surface area contributed by atoms with Crippen molar-refractivity contribution in [3.63, 3.8) is 0 Å². The van der Waals surface area contributed by atoms with Gasteiger partial charge in [-0.2, -0.15) is 0 Å². The molecule has 0 aliphatic carbocycles. The first kappa shape index (κ1) is 23.9. The lowest BCUT2D eigenvalue weighted by Crippen LogP contribution is -2.31. The van der Waals surface area contributed by atoms with Crippen molar-refractivity contribution < 1.29 is 0 Å². The number of aliphatic imine (C=N–C) groups is 1. The van der Waals surface area contributed by atoms with Gasteiger partial charge in [-0.05, 0) is 61.4 Å². The third-order valence-electron chi connectivity index (χ3n) is 5.90. The highest BCUT2D eigenvalue weighted by molar-refractivity contribution is 6.32. The smallest absolute Gasteiger partial charge is 0.113 e. The van der Waals surface area contributed by atoms with E-state index in [2.05, 4.69) is 85.6 Å². The third-order valence-corrected chi connectivity index (χ3v) is 6.16. The highest BCUT2D eigenvalue weighted by Gasteiger charge is 2.30. The van der Waals surface area contributed by atoms with E-state index in [0.29, 0.717) is 11.6 Å². The van der Waals surface area contributed by atoms with Crippen molar-refractivity contribution in [2.75, 3.05) is 0 Å². The Morgan fingerprint density at radius 3 is 2.19 bits per heavy atom. The van der Waals surface area contributed by atoms with E-state index in [1.54, 1.807) is 0 Å². The van der Waals surface area contributed by atoms with Crippen LogP contribution >= 0.6 is 11.6 Å². The quantitative estimate of drug-likeness (QED) is 0.273. The fraction of sp³-hybridized carbons (Fsp3) is 0.250. The molecule has 0 fully saturated rings. The van der Waals surface area contributed by atoms with Gasteiger partial charge in [-0.3, -0.25) is 4.99 Å². The molecule has 0 aliphatic rings. The topological polar surface area (TPSA) is 15.6 Å². The summed E-state index contributed by atoms with van der Waals surface area (Å²) in [4.78, 5) is 6.92. The maximum atomic E-state index is 6.21. The summed E-state index contributed by atoms with van der Waals surface area (Å²) < 4.78 is 0. The number of hydrogen-bond donors (Lipinski definition) is 0. The molecular formula is C28H30BClN2. The number of benzene rings is 3. The Balaban J connectivity index is 2.12. The molecule has 3 aromatic carbocycles. The molecule has 2 radical (unpaired) electrons. The first-order chi connectivity index (χ1) is 15.3. The summed E-state index contributed by atoms with van der Waals surface area (Å²) in [5, 5.41) is 0.708. The van der Waals surface area contributed by atoms with Gasteiger partial charge in [0, 0.05) is 17.3 Å². The molecule has 2 nitrogen and oxygen atoms in total. The van der Waals surface area contributed by atoms with Gasteiger partial charge in [0.15, 0.2) is 0 Å². The fourth-order valence-corrected chi connectivity index (χ4v) is 4.25. The van der Waals surface area contributed by atoms with Crippen LogP contribution in [0.1, 0.15) is 53.7 Å². The molecule has 0 N–H and O–H groups in total. The Hall–Kier alpha value is -2.78. The number of halogens is 1. The normalized spacial score (nSPS) is 12.8. The van der Waals surface area contributed by atoms with Gasteiger partial charge in [0.1, 0.15) is 7.85 Å². The molecular weight excluding hydrogens is 411 g/mol. The van der Waals surface area contributed by atoms with Crippen LogP contribution in [0.25, 0.3) is 0 Å². The van der Waals surface area contributed by atoms with E-state index in [1.165, 1.54) is 16.7 Å². The van der Waals surface area contributed by atoms with E-state index in [-0.39, 0.29) is 12.1 Å². The Kier molecular flexibility index (Phi) is 7.98. The second-order valence-electron chi connectivity index (χ2n) is 8.28. The summed E-state index contributed by atoms with van der Waals surface area (Å²) >= 11 is 6.21. The summed E-state index contributed by atoms with van der Waals surface area (Å²) in [5.41, 5.74) is 7.66. The minimum atomic E-state index is -0.174. The minimum Gasteiger partial charge on any atom is -0.362 e. The molecule has 0 spiro atoms. The van der Waals surface area contributed by atoms with Gasteiger partial charge in [0.25, 0.3) is 0 Å². The number of nitrogens with zero attached hydrogens (tertiary/aromatic N) is 2. The van der Waals surface area contributed by atoms with Gasteiger partial charge in [-0.1, -0.05) is 90.7 Å². The molecule has 0 saturated heterocycles. The molecule has 0 bridgehead atoms. The maximum Gasteiger partial charge on any atom is 0.113 e. The summed E-state index contributed by atoms with van der Waals surface area (Å²) in [7, 11) is 6.05. The van der Waals surface area contributed by atoms with Crippen LogP contribution in [0.4, 0.5) is 0 Å². The van der Waals surface area contributed by atoms with Gasteiger partial charge in [-0.15, -0.1) is 0 Å². The van der Waals surface area contributed by atoms with Crippen LogP contribution in [0.5, 0.6) is 0 Å². The number of hydrogen-bond acceptors (Lipinski definition) is 2. The van der Waals surface area contributed by atoms with Crippen molar-refractivity contribution >= 4 is 31.6 Å². The average molecular weight is 441 g/mol. The predicted molar refractivity (Wildman–Crippen MR) is 139 cm³/mol. The first-order valence-corrected chi connectivity index (χ1v) is 11.3. The monoisotopic (exact) mass is 440 g/mol. The fourth-order valence-electron chi connectivity index (χ4n) is 4.13. The van der Waals surface area contributed by atoms with E-state index >= 15 is 0 Å². The minimum absolute atomic E-state index is 0.0905. The lowest BCUT2D eigenvalue weighted by molar-refractivity contribution is 0.216. The van der Waals surface area contributed by atoms with Crippen molar-refractivity contribution in [2.45, 2.75) is 45.8 Å². The van der Waals surface area contributed by atoms with Crippen LogP contribution < -0.4 is 5.46 Å². The molecule has 4 heteroatoms. The van der Waals surface area contributed by atoms with Crippen LogP contribution in [-0.2, 0) is 13.0 Å². The van der Waals surface area contributed by atoms with Crippen LogP contribution in [0.2, 0.25) is 5.02 Å². The summed E-state index contributed by atoms with van der Waals surface area (Å²) in [6.45, 7) is 15.3. The maximum absolute atomic E-state index is 6.21. The predicted octanol–water partition coefficient (Wildman–Crippen LogP) is 6.52. The van der Waals surface area contributed by atoms with Gasteiger partial charge in [0.2, 0.25) is 0 Å². The summed E-state index contributed by atoms with van der Waals surface area (Å²) in [6.07, 6.45) is 0.914.